The van der Waals surface area contributed by atoms with E-state index >= 15 is 0 Å². The maximum atomic E-state index is 5.99. The first-order valence-corrected chi connectivity index (χ1v) is 11.8. The third kappa shape index (κ3) is 5.67. The van der Waals surface area contributed by atoms with E-state index in [1.165, 1.54) is 42.0 Å². The van der Waals surface area contributed by atoms with Gasteiger partial charge in [-0.1, -0.05) is 79.0 Å². The van der Waals surface area contributed by atoms with Crippen LogP contribution in [0.3, 0.4) is 0 Å². The molecule has 31 heavy (non-hydrogen) atoms. The molecule has 1 fully saturated rings. The molecular formula is C29H36N2. The minimum absolute atomic E-state index is 0.359. The van der Waals surface area contributed by atoms with Crippen molar-refractivity contribution in [3.63, 3.8) is 0 Å². The fourth-order valence-corrected chi connectivity index (χ4v) is 5.15. The van der Waals surface area contributed by atoms with E-state index in [1.807, 2.05) is 13.8 Å². The Morgan fingerprint density at radius 3 is 2.68 bits per heavy atom. The monoisotopic (exact) mass is 412 g/mol. The molecule has 0 amide bonds. The Balaban J connectivity index is 1.37. The maximum absolute atomic E-state index is 5.99. The number of fused-ring (bicyclic) bond motifs is 1. The van der Waals surface area contributed by atoms with E-state index in [9.17, 15) is 0 Å². The van der Waals surface area contributed by atoms with E-state index in [0.29, 0.717) is 18.0 Å². The first-order valence-electron chi connectivity index (χ1n) is 11.8. The van der Waals surface area contributed by atoms with Gasteiger partial charge in [0.25, 0.3) is 0 Å². The predicted molar refractivity (Wildman–Crippen MR) is 133 cm³/mol. The second kappa shape index (κ2) is 9.43. The van der Waals surface area contributed by atoms with Crippen LogP contribution < -0.4 is 11.1 Å². The lowest BCUT2D eigenvalue weighted by Gasteiger charge is -2.36. The molecule has 0 spiro atoms. The van der Waals surface area contributed by atoms with Gasteiger partial charge in [-0.3, -0.25) is 0 Å². The Morgan fingerprint density at radius 1 is 1.10 bits per heavy atom. The van der Waals surface area contributed by atoms with Crippen LogP contribution in [-0.4, -0.2) is 11.6 Å². The average Bonchev–Trinajstić information content (AvgIpc) is 2.77. The van der Waals surface area contributed by atoms with Crippen LogP contribution in [0.5, 0.6) is 0 Å². The summed E-state index contributed by atoms with van der Waals surface area (Å²) in [5.41, 5.74) is 8.08. The zero-order valence-corrected chi connectivity index (χ0v) is 19.2. The van der Waals surface area contributed by atoms with E-state index in [4.69, 9.17) is 5.73 Å². The van der Waals surface area contributed by atoms with Crippen molar-refractivity contribution in [2.24, 2.45) is 17.6 Å². The lowest BCUT2D eigenvalue weighted by molar-refractivity contribution is 0.227. The van der Waals surface area contributed by atoms with Crippen molar-refractivity contribution >= 4 is 10.8 Å². The molecule has 0 saturated heterocycles. The molecule has 1 saturated carbocycles. The molecule has 162 valence electrons. The summed E-state index contributed by atoms with van der Waals surface area (Å²) in [7, 11) is 0. The van der Waals surface area contributed by atoms with Gasteiger partial charge in [0.1, 0.15) is 0 Å². The molecule has 2 unspecified atom stereocenters. The summed E-state index contributed by atoms with van der Waals surface area (Å²) < 4.78 is 0. The van der Waals surface area contributed by atoms with Crippen molar-refractivity contribution < 1.29 is 0 Å². The first kappa shape index (κ1) is 21.9. The summed E-state index contributed by atoms with van der Waals surface area (Å²) in [6, 6.07) is 16.3. The number of hydrogen-bond donors (Lipinski definition) is 2. The number of nitrogens with one attached hydrogen (secondary N) is 1. The normalized spacial score (nSPS) is 24.9. The molecule has 0 heterocycles. The lowest BCUT2D eigenvalue weighted by atomic mass is 9.75. The maximum Gasteiger partial charge on any atom is 0.0722 e. The third-order valence-corrected chi connectivity index (χ3v) is 6.76. The van der Waals surface area contributed by atoms with E-state index in [0.717, 1.165) is 17.9 Å². The van der Waals surface area contributed by atoms with Crippen LogP contribution >= 0.6 is 0 Å². The Labute approximate surface area is 188 Å². The predicted octanol–water partition coefficient (Wildman–Crippen LogP) is 6.29. The van der Waals surface area contributed by atoms with Gasteiger partial charge < -0.3 is 11.1 Å². The van der Waals surface area contributed by atoms with Gasteiger partial charge in [-0.2, -0.15) is 0 Å². The molecule has 0 aliphatic heterocycles. The summed E-state index contributed by atoms with van der Waals surface area (Å²) >= 11 is 0. The van der Waals surface area contributed by atoms with Crippen LogP contribution in [0.4, 0.5) is 0 Å². The van der Waals surface area contributed by atoms with Crippen molar-refractivity contribution in [1.82, 2.24) is 5.32 Å². The highest BCUT2D eigenvalue weighted by atomic mass is 14.9. The van der Waals surface area contributed by atoms with Crippen molar-refractivity contribution in [2.75, 3.05) is 0 Å². The Morgan fingerprint density at radius 2 is 1.90 bits per heavy atom. The van der Waals surface area contributed by atoms with Gasteiger partial charge in [0.2, 0.25) is 0 Å². The number of rotatable bonds is 4. The molecule has 4 rings (SSSR count). The van der Waals surface area contributed by atoms with Crippen LogP contribution in [0.25, 0.3) is 10.8 Å². The van der Waals surface area contributed by atoms with E-state index < -0.39 is 5.54 Å². The van der Waals surface area contributed by atoms with E-state index in [2.05, 4.69) is 84.8 Å². The van der Waals surface area contributed by atoms with Crippen LogP contribution in [0.2, 0.25) is 0 Å². The molecule has 2 aromatic rings. The smallest absolute Gasteiger partial charge is 0.0722 e. The minimum Gasteiger partial charge on any atom is -0.316 e. The molecule has 0 aromatic heterocycles. The number of benzene rings is 2. The largest absolute Gasteiger partial charge is 0.316 e. The fraction of sp³-hybridized carbons (Fsp3) is 0.448. The molecule has 2 aliphatic carbocycles. The first-order chi connectivity index (χ1) is 14.9. The summed E-state index contributed by atoms with van der Waals surface area (Å²) in [6.07, 6.45) is 13.2. The fourth-order valence-electron chi connectivity index (χ4n) is 5.15. The number of hydrogen-bond acceptors (Lipinski definition) is 2. The third-order valence-electron chi connectivity index (χ3n) is 6.76. The molecule has 2 nitrogen and oxygen atoms in total. The Kier molecular flexibility index (Phi) is 6.65. The van der Waals surface area contributed by atoms with E-state index in [-0.39, 0.29) is 0 Å². The van der Waals surface area contributed by atoms with Gasteiger partial charge in [0.15, 0.2) is 0 Å². The number of nitrogens with two attached hydrogens (primary N) is 1. The molecule has 3 N–H and O–H groups in total. The van der Waals surface area contributed by atoms with Crippen LogP contribution in [0, 0.1) is 23.7 Å². The highest BCUT2D eigenvalue weighted by molar-refractivity contribution is 5.86. The highest BCUT2D eigenvalue weighted by Gasteiger charge is 2.28. The van der Waals surface area contributed by atoms with E-state index in [1.54, 1.807) is 0 Å². The zero-order chi connectivity index (χ0) is 21.8. The second-order valence-corrected chi connectivity index (χ2v) is 9.97. The van der Waals surface area contributed by atoms with Crippen molar-refractivity contribution in [2.45, 2.75) is 70.5 Å². The average molecular weight is 413 g/mol. The molecule has 2 aromatic carbocycles. The second-order valence-electron chi connectivity index (χ2n) is 9.97. The van der Waals surface area contributed by atoms with Gasteiger partial charge in [-0.25, -0.2) is 0 Å². The summed E-state index contributed by atoms with van der Waals surface area (Å²) in [5, 5.41) is 6.66. The standard InChI is InChI=1S/C29H36N2/c1-21(27-13-7-9-24-8-4-5-12-28(24)27)31-26-11-6-10-25(20-26)23-16-14-22(15-17-23)18-19-29(2,3)30/h4-5,7-9,12-16,21,23,25-26,31H,6,10-11,17,20,30H2,1-3H3/t21-,23?,25+,26?/m1/s1. The quantitative estimate of drug-likeness (QED) is 0.579. The molecule has 0 radical (unpaired) electrons. The van der Waals surface area contributed by atoms with Gasteiger partial charge in [0.05, 0.1) is 5.54 Å². The van der Waals surface area contributed by atoms with Crippen LogP contribution in [0.1, 0.15) is 64.5 Å². The van der Waals surface area contributed by atoms with Gasteiger partial charge >= 0.3 is 0 Å². The highest BCUT2D eigenvalue weighted by Crippen LogP contribution is 2.36. The van der Waals surface area contributed by atoms with Crippen molar-refractivity contribution in [3.05, 3.63) is 71.8 Å². The Bertz CT molecular complexity index is 1020. The SMILES string of the molecule is C[C@@H](NC1CCC[C@H](C2C=CC(C#CC(C)(C)N)=CC2)C1)c1cccc2ccccc12. The van der Waals surface area contributed by atoms with Crippen LogP contribution in [-0.2, 0) is 0 Å². The molecule has 4 atom stereocenters. The molecular weight excluding hydrogens is 376 g/mol. The zero-order valence-electron chi connectivity index (χ0n) is 19.2. The molecule has 2 aliphatic rings. The molecule has 0 bridgehead atoms. The van der Waals surface area contributed by atoms with Crippen LogP contribution in [0.15, 0.2) is 66.3 Å². The molecule has 2 heteroatoms. The topological polar surface area (TPSA) is 38.0 Å². The van der Waals surface area contributed by atoms with Gasteiger partial charge in [-0.05, 0) is 74.6 Å². The lowest BCUT2D eigenvalue weighted by Crippen LogP contribution is -2.37. The Hall–Kier alpha value is -2.34. The summed E-state index contributed by atoms with van der Waals surface area (Å²) in [4.78, 5) is 0. The number of allylic oxidation sites excluding steroid dienone is 4. The van der Waals surface area contributed by atoms with Crippen molar-refractivity contribution in [3.8, 4) is 11.8 Å². The van der Waals surface area contributed by atoms with Gasteiger partial charge in [-0.15, -0.1) is 0 Å². The summed E-state index contributed by atoms with van der Waals surface area (Å²) in [6.45, 7) is 6.22. The summed E-state index contributed by atoms with van der Waals surface area (Å²) in [5.74, 6) is 7.76. The van der Waals surface area contributed by atoms with Gasteiger partial charge in [0, 0.05) is 17.7 Å². The van der Waals surface area contributed by atoms with Crippen molar-refractivity contribution in [1.29, 1.82) is 0 Å². The minimum atomic E-state index is -0.436.